The molecule has 1 rings (SSSR count). The van der Waals surface area contributed by atoms with Gasteiger partial charge in [0.1, 0.15) is 5.75 Å². The summed E-state index contributed by atoms with van der Waals surface area (Å²) in [5.74, 6) is -1.59. The zero-order chi connectivity index (χ0) is 14.4. The van der Waals surface area contributed by atoms with Crippen molar-refractivity contribution < 1.29 is 24.2 Å². The second-order valence-corrected chi connectivity index (χ2v) is 3.94. The monoisotopic (exact) mass is 267 g/mol. The molecular formula is C13H17NO5. The average Bonchev–Trinajstić information content (AvgIpc) is 2.38. The van der Waals surface area contributed by atoms with Crippen molar-refractivity contribution in [2.24, 2.45) is 0 Å². The van der Waals surface area contributed by atoms with E-state index in [1.54, 1.807) is 12.1 Å². The van der Waals surface area contributed by atoms with Crippen molar-refractivity contribution in [3.05, 3.63) is 23.8 Å². The number of carbonyl (C=O) groups is 2. The molecule has 1 unspecified atom stereocenters. The molecule has 3 N–H and O–H groups in total. The number of methoxy groups -OCH3 is 1. The molecule has 0 spiro atoms. The normalized spacial score (nSPS) is 11.7. The molecule has 0 radical (unpaired) electrons. The Morgan fingerprint density at radius 2 is 2.11 bits per heavy atom. The van der Waals surface area contributed by atoms with Gasteiger partial charge in [-0.25, -0.2) is 9.59 Å². The van der Waals surface area contributed by atoms with Crippen LogP contribution in [0.5, 0.6) is 5.75 Å². The average molecular weight is 267 g/mol. The van der Waals surface area contributed by atoms with E-state index in [1.807, 2.05) is 6.92 Å². The summed E-state index contributed by atoms with van der Waals surface area (Å²) in [6, 6.07) is 4.65. The van der Waals surface area contributed by atoms with Crippen LogP contribution >= 0.6 is 0 Å². The molecule has 0 aliphatic rings. The fraction of sp³-hybridized carbons (Fsp3) is 0.385. The third-order valence-electron chi connectivity index (χ3n) is 2.58. The van der Waals surface area contributed by atoms with Gasteiger partial charge in [-0.15, -0.1) is 0 Å². The lowest BCUT2D eigenvalue weighted by Crippen LogP contribution is -2.27. The summed E-state index contributed by atoms with van der Waals surface area (Å²) in [7, 11) is 1.43. The standard InChI is InChI=1S/C13H17NO5/c1-3-5-10(12(15)16)19-13(17)8-6-4-7-9(18-2)11(8)14/h4,6-7,10H,3,5,14H2,1-2H3,(H,15,16). The topological polar surface area (TPSA) is 98.9 Å². The van der Waals surface area contributed by atoms with E-state index < -0.39 is 18.0 Å². The minimum absolute atomic E-state index is 0.0988. The lowest BCUT2D eigenvalue weighted by atomic mass is 10.1. The molecule has 104 valence electrons. The highest BCUT2D eigenvalue weighted by atomic mass is 16.6. The molecule has 0 heterocycles. The number of nitrogens with two attached hydrogens (primary N) is 1. The summed E-state index contributed by atoms with van der Waals surface area (Å²) in [5, 5.41) is 8.94. The molecule has 1 aromatic rings. The first-order chi connectivity index (χ1) is 9.01. The number of rotatable bonds is 6. The molecule has 6 heteroatoms. The first kappa shape index (κ1) is 14.8. The van der Waals surface area contributed by atoms with Gasteiger partial charge in [-0.2, -0.15) is 0 Å². The highest BCUT2D eigenvalue weighted by molar-refractivity contribution is 5.97. The maximum absolute atomic E-state index is 11.9. The molecule has 0 aliphatic heterocycles. The van der Waals surface area contributed by atoms with Crippen molar-refractivity contribution in [1.82, 2.24) is 0 Å². The third kappa shape index (κ3) is 3.61. The number of aliphatic carboxylic acids is 1. The van der Waals surface area contributed by atoms with Crippen molar-refractivity contribution in [1.29, 1.82) is 0 Å². The number of carbonyl (C=O) groups excluding carboxylic acids is 1. The Morgan fingerprint density at radius 1 is 1.42 bits per heavy atom. The van der Waals surface area contributed by atoms with Crippen LogP contribution in [0.3, 0.4) is 0 Å². The molecule has 1 atom stereocenters. The fourth-order valence-corrected chi connectivity index (χ4v) is 1.59. The molecule has 19 heavy (non-hydrogen) atoms. The Balaban J connectivity index is 2.91. The van der Waals surface area contributed by atoms with Crippen molar-refractivity contribution >= 4 is 17.6 Å². The maximum atomic E-state index is 11.9. The van der Waals surface area contributed by atoms with Crippen LogP contribution in [0.1, 0.15) is 30.1 Å². The van der Waals surface area contributed by atoms with Gasteiger partial charge in [0.05, 0.1) is 18.4 Å². The van der Waals surface area contributed by atoms with E-state index >= 15 is 0 Å². The van der Waals surface area contributed by atoms with Crippen LogP contribution in [0.4, 0.5) is 5.69 Å². The molecular weight excluding hydrogens is 250 g/mol. The largest absolute Gasteiger partial charge is 0.495 e. The van der Waals surface area contributed by atoms with Gasteiger partial charge in [0.25, 0.3) is 0 Å². The zero-order valence-corrected chi connectivity index (χ0v) is 10.9. The van der Waals surface area contributed by atoms with E-state index in [4.69, 9.17) is 20.3 Å². The predicted molar refractivity (Wildman–Crippen MR) is 69.2 cm³/mol. The van der Waals surface area contributed by atoms with E-state index in [1.165, 1.54) is 13.2 Å². The first-order valence-electron chi connectivity index (χ1n) is 5.87. The van der Waals surface area contributed by atoms with Crippen molar-refractivity contribution in [2.75, 3.05) is 12.8 Å². The number of anilines is 1. The van der Waals surface area contributed by atoms with E-state index in [9.17, 15) is 9.59 Å². The van der Waals surface area contributed by atoms with E-state index in [0.29, 0.717) is 12.2 Å². The highest BCUT2D eigenvalue weighted by Crippen LogP contribution is 2.25. The quantitative estimate of drug-likeness (QED) is 0.601. The Hall–Kier alpha value is -2.24. The van der Waals surface area contributed by atoms with Crippen LogP contribution in [-0.2, 0) is 9.53 Å². The minimum atomic E-state index is -1.17. The van der Waals surface area contributed by atoms with Crippen LogP contribution in [0.15, 0.2) is 18.2 Å². The van der Waals surface area contributed by atoms with Gasteiger partial charge in [0, 0.05) is 0 Å². The van der Waals surface area contributed by atoms with Gasteiger partial charge in [-0.3, -0.25) is 0 Å². The summed E-state index contributed by atoms with van der Waals surface area (Å²) in [4.78, 5) is 22.8. The van der Waals surface area contributed by atoms with Gasteiger partial charge in [0.2, 0.25) is 0 Å². The predicted octanol–water partition coefficient (Wildman–Crippen LogP) is 1.69. The molecule has 0 saturated heterocycles. The zero-order valence-electron chi connectivity index (χ0n) is 10.9. The van der Waals surface area contributed by atoms with E-state index in [-0.39, 0.29) is 17.7 Å². The number of ether oxygens (including phenoxy) is 2. The van der Waals surface area contributed by atoms with Crippen LogP contribution in [0.2, 0.25) is 0 Å². The summed E-state index contributed by atoms with van der Waals surface area (Å²) >= 11 is 0. The highest BCUT2D eigenvalue weighted by Gasteiger charge is 2.23. The van der Waals surface area contributed by atoms with Crippen LogP contribution < -0.4 is 10.5 Å². The second-order valence-electron chi connectivity index (χ2n) is 3.94. The Labute approximate surface area is 111 Å². The number of hydrogen-bond donors (Lipinski definition) is 2. The van der Waals surface area contributed by atoms with Gasteiger partial charge in [-0.1, -0.05) is 19.4 Å². The smallest absolute Gasteiger partial charge is 0.345 e. The molecule has 0 fully saturated rings. The number of benzene rings is 1. The molecule has 0 bridgehead atoms. The summed E-state index contributed by atoms with van der Waals surface area (Å²) in [5.41, 5.74) is 5.98. The van der Waals surface area contributed by atoms with E-state index in [0.717, 1.165) is 0 Å². The molecule has 1 aromatic carbocycles. The summed E-state index contributed by atoms with van der Waals surface area (Å²) in [6.07, 6.45) is -0.314. The van der Waals surface area contributed by atoms with Crippen molar-refractivity contribution in [2.45, 2.75) is 25.9 Å². The number of esters is 1. The van der Waals surface area contributed by atoms with Gasteiger partial charge >= 0.3 is 11.9 Å². The van der Waals surface area contributed by atoms with E-state index in [2.05, 4.69) is 0 Å². The van der Waals surface area contributed by atoms with Crippen molar-refractivity contribution in [3.63, 3.8) is 0 Å². The Bertz CT molecular complexity index is 472. The SMILES string of the molecule is CCCC(OC(=O)c1cccc(OC)c1N)C(=O)O. The second kappa shape index (κ2) is 6.63. The summed E-state index contributed by atoms with van der Waals surface area (Å²) < 4.78 is 9.93. The van der Waals surface area contributed by atoms with Gasteiger partial charge in [0.15, 0.2) is 6.10 Å². The molecule has 0 aliphatic carbocycles. The number of nitrogen functional groups attached to an aromatic ring is 1. The van der Waals surface area contributed by atoms with Crippen LogP contribution in [0.25, 0.3) is 0 Å². The number of carboxylic acid groups (broad SMARTS) is 1. The number of hydrogen-bond acceptors (Lipinski definition) is 5. The molecule has 0 aromatic heterocycles. The van der Waals surface area contributed by atoms with Crippen LogP contribution in [0, 0.1) is 0 Å². The molecule has 6 nitrogen and oxygen atoms in total. The third-order valence-corrected chi connectivity index (χ3v) is 2.58. The fourth-order valence-electron chi connectivity index (χ4n) is 1.59. The Morgan fingerprint density at radius 3 is 2.63 bits per heavy atom. The molecule has 0 saturated carbocycles. The lowest BCUT2D eigenvalue weighted by molar-refractivity contribution is -0.147. The maximum Gasteiger partial charge on any atom is 0.345 e. The van der Waals surface area contributed by atoms with Crippen LogP contribution in [-0.4, -0.2) is 30.3 Å². The number of carboxylic acids is 1. The van der Waals surface area contributed by atoms with Gasteiger partial charge < -0.3 is 20.3 Å². The Kier molecular flexibility index (Phi) is 5.17. The first-order valence-corrected chi connectivity index (χ1v) is 5.87. The molecule has 0 amide bonds. The number of para-hydroxylation sites is 1. The minimum Gasteiger partial charge on any atom is -0.495 e. The van der Waals surface area contributed by atoms with Crippen molar-refractivity contribution in [3.8, 4) is 5.75 Å². The lowest BCUT2D eigenvalue weighted by Gasteiger charge is -2.14. The van der Waals surface area contributed by atoms with Gasteiger partial charge in [-0.05, 0) is 18.6 Å². The summed E-state index contributed by atoms with van der Waals surface area (Å²) in [6.45, 7) is 1.81.